The number of amides is 2. The Labute approximate surface area is 160 Å². The molecule has 1 aromatic carbocycles. The Morgan fingerprint density at radius 2 is 2.04 bits per heavy atom. The quantitative estimate of drug-likeness (QED) is 0.508. The van der Waals surface area contributed by atoms with Gasteiger partial charge >= 0.3 is 11.7 Å². The van der Waals surface area contributed by atoms with E-state index in [0.717, 1.165) is 23.9 Å². The normalized spacial score (nSPS) is 17.1. The lowest BCUT2D eigenvalue weighted by atomic mass is 10.1. The van der Waals surface area contributed by atoms with Gasteiger partial charge in [0.25, 0.3) is 0 Å². The van der Waals surface area contributed by atoms with Gasteiger partial charge in [0.15, 0.2) is 0 Å². The maximum Gasteiger partial charge on any atom is 0.329 e. The Morgan fingerprint density at radius 1 is 1.25 bits per heavy atom. The first kappa shape index (κ1) is 19.8. The van der Waals surface area contributed by atoms with Crippen molar-refractivity contribution < 1.29 is 24.2 Å². The number of ether oxygens (including phenoxy) is 1. The van der Waals surface area contributed by atoms with Crippen LogP contribution in [0.15, 0.2) is 23.0 Å². The van der Waals surface area contributed by atoms with Crippen molar-refractivity contribution in [3.8, 4) is 0 Å². The minimum atomic E-state index is -0.883. The van der Waals surface area contributed by atoms with Crippen LogP contribution in [0.4, 0.5) is 0 Å². The second-order valence-electron chi connectivity index (χ2n) is 6.86. The Bertz CT molecular complexity index is 974. The number of aromatic nitrogens is 2. The summed E-state index contributed by atoms with van der Waals surface area (Å²) in [7, 11) is 1.66. The first-order chi connectivity index (χ1) is 13.4. The van der Waals surface area contributed by atoms with Gasteiger partial charge in [0.1, 0.15) is 6.04 Å². The standard InChI is InChI=1S/C19H23N3O6/c1-21-15-11-12(3-2-9-28-10-8-17(24)25)4-5-13(15)22(19(21)27)14-6-7-16(23)20-18(14)26/h4-5,11,14H,2-3,6-10H2,1H3,(H,24,25)(H,20,23,26). The number of imidazole rings is 1. The summed E-state index contributed by atoms with van der Waals surface area (Å²) in [5.74, 6) is -1.65. The molecule has 0 bridgehead atoms. The topological polar surface area (TPSA) is 120 Å². The van der Waals surface area contributed by atoms with Crippen molar-refractivity contribution in [2.75, 3.05) is 13.2 Å². The number of piperidine rings is 1. The van der Waals surface area contributed by atoms with Crippen LogP contribution < -0.4 is 11.0 Å². The molecule has 1 unspecified atom stereocenters. The summed E-state index contributed by atoms with van der Waals surface area (Å²) < 4.78 is 8.25. The third kappa shape index (κ3) is 4.14. The van der Waals surface area contributed by atoms with Crippen molar-refractivity contribution in [1.82, 2.24) is 14.5 Å². The van der Waals surface area contributed by atoms with Gasteiger partial charge in [-0.05, 0) is 37.0 Å². The van der Waals surface area contributed by atoms with E-state index in [1.54, 1.807) is 7.05 Å². The number of hydrogen-bond donors (Lipinski definition) is 2. The molecule has 0 spiro atoms. The highest BCUT2D eigenvalue weighted by Gasteiger charge is 2.31. The highest BCUT2D eigenvalue weighted by molar-refractivity contribution is 6.00. The Kier molecular flexibility index (Phi) is 5.93. The van der Waals surface area contributed by atoms with Crippen LogP contribution in [0.1, 0.15) is 37.3 Å². The SMILES string of the molecule is Cn1c(=O)n(C2CCC(=O)NC2=O)c2ccc(CCCOCCC(=O)O)cc21. The average Bonchev–Trinajstić information content (AvgIpc) is 2.89. The molecule has 150 valence electrons. The summed E-state index contributed by atoms with van der Waals surface area (Å²) in [6, 6.07) is 4.95. The molecule has 1 aromatic heterocycles. The lowest BCUT2D eigenvalue weighted by Gasteiger charge is -2.21. The average molecular weight is 389 g/mol. The number of aliphatic carboxylic acids is 1. The van der Waals surface area contributed by atoms with Crippen LogP contribution in [0.5, 0.6) is 0 Å². The van der Waals surface area contributed by atoms with Crippen molar-refractivity contribution in [3.63, 3.8) is 0 Å². The van der Waals surface area contributed by atoms with Crippen LogP contribution in [0, 0.1) is 0 Å². The van der Waals surface area contributed by atoms with Gasteiger partial charge in [0.05, 0.1) is 24.1 Å². The fourth-order valence-corrected chi connectivity index (χ4v) is 3.43. The van der Waals surface area contributed by atoms with E-state index in [9.17, 15) is 19.2 Å². The molecule has 2 heterocycles. The molecule has 9 nitrogen and oxygen atoms in total. The Morgan fingerprint density at radius 3 is 2.75 bits per heavy atom. The van der Waals surface area contributed by atoms with Gasteiger partial charge in [-0.1, -0.05) is 6.07 Å². The zero-order valence-corrected chi connectivity index (χ0v) is 15.6. The van der Waals surface area contributed by atoms with Gasteiger partial charge in [-0.25, -0.2) is 4.79 Å². The number of fused-ring (bicyclic) bond motifs is 1. The Balaban J connectivity index is 1.74. The number of hydrogen-bond acceptors (Lipinski definition) is 5. The smallest absolute Gasteiger partial charge is 0.329 e. The maximum atomic E-state index is 12.7. The summed E-state index contributed by atoms with van der Waals surface area (Å²) in [5, 5.41) is 10.9. The number of imide groups is 1. The summed E-state index contributed by atoms with van der Waals surface area (Å²) in [4.78, 5) is 46.7. The van der Waals surface area contributed by atoms with E-state index in [-0.39, 0.29) is 31.0 Å². The van der Waals surface area contributed by atoms with Crippen molar-refractivity contribution in [2.45, 2.75) is 38.1 Å². The first-order valence-electron chi connectivity index (χ1n) is 9.21. The highest BCUT2D eigenvalue weighted by Crippen LogP contribution is 2.24. The largest absolute Gasteiger partial charge is 0.481 e. The predicted octanol–water partition coefficient (Wildman–Crippen LogP) is 0.742. The lowest BCUT2D eigenvalue weighted by molar-refractivity contribution is -0.138. The second kappa shape index (κ2) is 8.39. The van der Waals surface area contributed by atoms with Gasteiger partial charge in [0, 0.05) is 20.1 Å². The zero-order chi connectivity index (χ0) is 20.3. The summed E-state index contributed by atoms with van der Waals surface area (Å²) in [6.07, 6.45) is 1.95. The van der Waals surface area contributed by atoms with Crippen LogP contribution in [0.25, 0.3) is 11.0 Å². The minimum absolute atomic E-state index is 0.0120. The molecular formula is C19H23N3O6. The van der Waals surface area contributed by atoms with Gasteiger partial charge in [-0.2, -0.15) is 0 Å². The molecule has 1 aliphatic rings. The van der Waals surface area contributed by atoms with Crippen molar-refractivity contribution in [3.05, 3.63) is 34.2 Å². The molecule has 1 aliphatic heterocycles. The van der Waals surface area contributed by atoms with Crippen molar-refractivity contribution in [1.29, 1.82) is 0 Å². The molecule has 1 atom stereocenters. The minimum Gasteiger partial charge on any atom is -0.481 e. The molecule has 1 fully saturated rings. The molecule has 28 heavy (non-hydrogen) atoms. The molecule has 0 aliphatic carbocycles. The summed E-state index contributed by atoms with van der Waals surface area (Å²) >= 11 is 0. The third-order valence-electron chi connectivity index (χ3n) is 4.89. The van der Waals surface area contributed by atoms with Crippen LogP contribution in [-0.4, -0.2) is 45.2 Å². The van der Waals surface area contributed by atoms with Crippen molar-refractivity contribution >= 4 is 28.8 Å². The number of nitrogens with one attached hydrogen (secondary N) is 1. The summed E-state index contributed by atoms with van der Waals surface area (Å²) in [6.45, 7) is 0.652. The fourth-order valence-electron chi connectivity index (χ4n) is 3.43. The van der Waals surface area contributed by atoms with E-state index in [0.29, 0.717) is 18.5 Å². The van der Waals surface area contributed by atoms with E-state index < -0.39 is 17.9 Å². The number of carbonyl (C=O) groups excluding carboxylic acids is 2. The molecule has 1 saturated heterocycles. The van der Waals surface area contributed by atoms with Gasteiger partial charge < -0.3 is 9.84 Å². The lowest BCUT2D eigenvalue weighted by Crippen LogP contribution is -2.44. The fraction of sp³-hybridized carbons (Fsp3) is 0.474. The first-order valence-corrected chi connectivity index (χ1v) is 9.21. The molecule has 2 aromatic rings. The molecule has 2 amide bonds. The number of carboxylic acids is 1. The summed E-state index contributed by atoms with van der Waals surface area (Å²) in [5.41, 5.74) is 2.10. The van der Waals surface area contributed by atoms with E-state index in [1.165, 1.54) is 9.13 Å². The van der Waals surface area contributed by atoms with Crippen LogP contribution in [0.2, 0.25) is 0 Å². The number of carboxylic acid groups (broad SMARTS) is 1. The van der Waals surface area contributed by atoms with Crippen LogP contribution in [0.3, 0.4) is 0 Å². The van der Waals surface area contributed by atoms with Crippen LogP contribution >= 0.6 is 0 Å². The number of carbonyl (C=O) groups is 3. The Hall–Kier alpha value is -2.94. The molecular weight excluding hydrogens is 366 g/mol. The van der Waals surface area contributed by atoms with E-state index in [4.69, 9.17) is 9.84 Å². The monoisotopic (exact) mass is 389 g/mol. The van der Waals surface area contributed by atoms with Gasteiger partial charge in [0.2, 0.25) is 11.8 Å². The van der Waals surface area contributed by atoms with Gasteiger partial charge in [-0.15, -0.1) is 0 Å². The van der Waals surface area contributed by atoms with Crippen molar-refractivity contribution in [2.24, 2.45) is 7.05 Å². The molecule has 3 rings (SSSR count). The number of benzene rings is 1. The predicted molar refractivity (Wildman–Crippen MR) is 100.0 cm³/mol. The third-order valence-corrected chi connectivity index (χ3v) is 4.89. The number of nitrogens with zero attached hydrogens (tertiary/aromatic N) is 2. The zero-order valence-electron chi connectivity index (χ0n) is 15.6. The van der Waals surface area contributed by atoms with Gasteiger partial charge in [-0.3, -0.25) is 28.8 Å². The van der Waals surface area contributed by atoms with E-state index >= 15 is 0 Å². The van der Waals surface area contributed by atoms with Crippen LogP contribution in [-0.2, 0) is 32.6 Å². The molecule has 9 heteroatoms. The van der Waals surface area contributed by atoms with E-state index in [1.807, 2.05) is 18.2 Å². The maximum absolute atomic E-state index is 12.7. The number of aryl methyl sites for hydroxylation is 2. The highest BCUT2D eigenvalue weighted by atomic mass is 16.5. The molecule has 0 radical (unpaired) electrons. The second-order valence-corrected chi connectivity index (χ2v) is 6.86. The molecule has 0 saturated carbocycles. The number of rotatable bonds is 8. The van der Waals surface area contributed by atoms with E-state index in [2.05, 4.69) is 5.32 Å². The molecule has 2 N–H and O–H groups in total.